The summed E-state index contributed by atoms with van der Waals surface area (Å²) in [5.41, 5.74) is 2.25. The van der Waals surface area contributed by atoms with Gasteiger partial charge >= 0.3 is 0 Å². The first-order valence-electron chi connectivity index (χ1n) is 8.69. The van der Waals surface area contributed by atoms with Gasteiger partial charge in [-0.1, -0.05) is 45.4 Å². The van der Waals surface area contributed by atoms with E-state index in [-0.39, 0.29) is 0 Å². The van der Waals surface area contributed by atoms with Crippen molar-refractivity contribution in [1.29, 1.82) is 0 Å². The summed E-state index contributed by atoms with van der Waals surface area (Å²) in [6.07, 6.45) is 2.31. The fourth-order valence-electron chi connectivity index (χ4n) is 3.46. The van der Waals surface area contributed by atoms with E-state index < -0.39 is 0 Å². The zero-order valence-corrected chi connectivity index (χ0v) is 16.1. The Morgan fingerprint density at radius 3 is 2.85 bits per heavy atom. The van der Waals surface area contributed by atoms with E-state index in [9.17, 15) is 0 Å². The van der Waals surface area contributed by atoms with Crippen molar-refractivity contribution >= 4 is 15.9 Å². The molecule has 0 aliphatic carbocycles. The van der Waals surface area contributed by atoms with Gasteiger partial charge in [0.2, 0.25) is 11.7 Å². The molecule has 0 bridgehead atoms. The van der Waals surface area contributed by atoms with Crippen LogP contribution in [0.4, 0.5) is 0 Å². The molecule has 1 atom stereocenters. The maximum absolute atomic E-state index is 5.50. The molecule has 0 saturated carbocycles. The zero-order chi connectivity index (χ0) is 17.9. The fraction of sp³-hybridized carbons (Fsp3) is 0.300. The summed E-state index contributed by atoms with van der Waals surface area (Å²) in [5.74, 6) is 2.16. The van der Waals surface area contributed by atoms with Crippen molar-refractivity contribution in [1.82, 2.24) is 15.0 Å². The maximum atomic E-state index is 5.50. The van der Waals surface area contributed by atoms with Crippen molar-refractivity contribution in [2.45, 2.75) is 25.4 Å². The van der Waals surface area contributed by atoms with Crippen LogP contribution in [0, 0.1) is 0 Å². The van der Waals surface area contributed by atoms with E-state index in [0.29, 0.717) is 24.3 Å². The highest BCUT2D eigenvalue weighted by molar-refractivity contribution is 9.10. The third-order valence-corrected chi connectivity index (χ3v) is 5.25. The summed E-state index contributed by atoms with van der Waals surface area (Å²) in [4.78, 5) is 6.98. The Kier molecular flexibility index (Phi) is 5.04. The van der Waals surface area contributed by atoms with Crippen LogP contribution < -0.4 is 4.74 Å². The number of rotatable bonds is 5. The summed E-state index contributed by atoms with van der Waals surface area (Å²) in [5, 5.41) is 4.14. The molecule has 6 heteroatoms. The SMILES string of the molecule is COc1ccc([C@@H]2CCCN2Cc2nc(-c3cccc(Br)c3)no2)cc1. The lowest BCUT2D eigenvalue weighted by atomic mass is 10.0. The van der Waals surface area contributed by atoms with Crippen molar-refractivity contribution in [3.63, 3.8) is 0 Å². The van der Waals surface area contributed by atoms with Gasteiger partial charge in [0.05, 0.1) is 13.7 Å². The quantitative estimate of drug-likeness (QED) is 0.598. The van der Waals surface area contributed by atoms with Gasteiger partial charge in [-0.2, -0.15) is 4.98 Å². The van der Waals surface area contributed by atoms with E-state index in [1.807, 2.05) is 36.4 Å². The topological polar surface area (TPSA) is 51.4 Å². The summed E-state index contributed by atoms with van der Waals surface area (Å²) in [6.45, 7) is 1.70. The molecule has 4 rings (SSSR count). The molecule has 134 valence electrons. The molecule has 0 unspecified atom stereocenters. The van der Waals surface area contributed by atoms with Crippen LogP contribution in [0.3, 0.4) is 0 Å². The van der Waals surface area contributed by atoms with Crippen LogP contribution in [0.2, 0.25) is 0 Å². The molecule has 0 radical (unpaired) electrons. The predicted octanol–water partition coefficient (Wildman–Crippen LogP) is 4.84. The predicted molar refractivity (Wildman–Crippen MR) is 103 cm³/mol. The van der Waals surface area contributed by atoms with E-state index in [2.05, 4.69) is 43.1 Å². The average molecular weight is 414 g/mol. The van der Waals surface area contributed by atoms with Gasteiger partial charge in [-0.15, -0.1) is 0 Å². The summed E-state index contributed by atoms with van der Waals surface area (Å²) < 4.78 is 11.8. The number of aromatic nitrogens is 2. The van der Waals surface area contributed by atoms with Crippen LogP contribution >= 0.6 is 15.9 Å². The Hall–Kier alpha value is -2.18. The van der Waals surface area contributed by atoms with Gasteiger partial charge in [-0.25, -0.2) is 0 Å². The molecule has 1 aliphatic rings. The van der Waals surface area contributed by atoms with Crippen LogP contribution in [-0.2, 0) is 6.54 Å². The van der Waals surface area contributed by atoms with Crippen molar-refractivity contribution in [3.8, 4) is 17.1 Å². The lowest BCUT2D eigenvalue weighted by molar-refractivity contribution is 0.212. The van der Waals surface area contributed by atoms with Gasteiger partial charge in [0.1, 0.15) is 5.75 Å². The van der Waals surface area contributed by atoms with Crippen LogP contribution in [0.25, 0.3) is 11.4 Å². The highest BCUT2D eigenvalue weighted by Crippen LogP contribution is 2.34. The molecule has 1 aromatic heterocycles. The second-order valence-electron chi connectivity index (χ2n) is 6.42. The molecule has 26 heavy (non-hydrogen) atoms. The summed E-state index contributed by atoms with van der Waals surface area (Å²) in [7, 11) is 1.69. The Balaban J connectivity index is 1.49. The molecule has 1 saturated heterocycles. The van der Waals surface area contributed by atoms with Crippen molar-refractivity contribution in [3.05, 3.63) is 64.5 Å². The standard InChI is InChI=1S/C20H20BrN3O2/c1-25-17-9-7-14(8-10-17)18-6-3-11-24(18)13-19-22-20(23-26-19)15-4-2-5-16(21)12-15/h2,4-5,7-10,12,18H,3,6,11,13H2,1H3/t18-/m0/s1. The molecule has 2 heterocycles. The monoisotopic (exact) mass is 413 g/mol. The third kappa shape index (κ3) is 3.66. The average Bonchev–Trinajstić information content (AvgIpc) is 3.32. The number of halogens is 1. The Morgan fingerprint density at radius 1 is 1.23 bits per heavy atom. The maximum Gasteiger partial charge on any atom is 0.241 e. The minimum Gasteiger partial charge on any atom is -0.497 e. The first-order chi connectivity index (χ1) is 12.7. The number of hydrogen-bond donors (Lipinski definition) is 0. The minimum atomic E-state index is 0.377. The van der Waals surface area contributed by atoms with Crippen LogP contribution in [0.5, 0.6) is 5.75 Å². The van der Waals surface area contributed by atoms with Crippen molar-refractivity contribution in [2.24, 2.45) is 0 Å². The molecular formula is C20H20BrN3O2. The number of hydrogen-bond acceptors (Lipinski definition) is 5. The van der Waals surface area contributed by atoms with Gasteiger partial charge in [0, 0.05) is 16.1 Å². The molecule has 0 amide bonds. The van der Waals surface area contributed by atoms with E-state index in [4.69, 9.17) is 9.26 Å². The minimum absolute atomic E-state index is 0.377. The number of ether oxygens (including phenoxy) is 1. The number of likely N-dealkylation sites (tertiary alicyclic amines) is 1. The van der Waals surface area contributed by atoms with Crippen molar-refractivity contribution < 1.29 is 9.26 Å². The molecule has 3 aromatic rings. The lowest BCUT2D eigenvalue weighted by Crippen LogP contribution is -2.22. The second kappa shape index (κ2) is 7.60. The van der Waals surface area contributed by atoms with Gasteiger partial charge in [0.15, 0.2) is 0 Å². The number of methoxy groups -OCH3 is 1. The van der Waals surface area contributed by atoms with Gasteiger partial charge in [-0.05, 0) is 49.2 Å². The highest BCUT2D eigenvalue weighted by Gasteiger charge is 2.27. The third-order valence-electron chi connectivity index (χ3n) is 4.75. The highest BCUT2D eigenvalue weighted by atomic mass is 79.9. The Morgan fingerprint density at radius 2 is 2.08 bits per heavy atom. The number of benzene rings is 2. The van der Waals surface area contributed by atoms with Gasteiger partial charge in [-0.3, -0.25) is 4.90 Å². The molecule has 0 spiro atoms. The van der Waals surface area contributed by atoms with E-state index >= 15 is 0 Å². The molecule has 2 aromatic carbocycles. The first-order valence-corrected chi connectivity index (χ1v) is 9.49. The largest absolute Gasteiger partial charge is 0.497 e. The Labute approximate surface area is 161 Å². The molecule has 0 N–H and O–H groups in total. The van der Waals surface area contributed by atoms with Crippen molar-refractivity contribution in [2.75, 3.05) is 13.7 Å². The lowest BCUT2D eigenvalue weighted by Gasteiger charge is -2.23. The van der Waals surface area contributed by atoms with Gasteiger partial charge < -0.3 is 9.26 Å². The number of nitrogens with zero attached hydrogens (tertiary/aromatic N) is 3. The van der Waals surface area contributed by atoms with Gasteiger partial charge in [0.25, 0.3) is 0 Å². The van der Waals surface area contributed by atoms with Crippen LogP contribution in [0.1, 0.15) is 30.3 Å². The fourth-order valence-corrected chi connectivity index (χ4v) is 3.86. The summed E-state index contributed by atoms with van der Waals surface area (Å²) in [6, 6.07) is 16.6. The molecule has 1 fully saturated rings. The molecule has 5 nitrogen and oxygen atoms in total. The smallest absolute Gasteiger partial charge is 0.241 e. The normalized spacial score (nSPS) is 17.5. The summed E-state index contributed by atoms with van der Waals surface area (Å²) >= 11 is 3.48. The van der Waals surface area contributed by atoms with Crippen LogP contribution in [-0.4, -0.2) is 28.7 Å². The van der Waals surface area contributed by atoms with E-state index in [1.54, 1.807) is 7.11 Å². The molecule has 1 aliphatic heterocycles. The first kappa shape index (κ1) is 17.2. The van der Waals surface area contributed by atoms with Crippen LogP contribution in [0.15, 0.2) is 57.5 Å². The van der Waals surface area contributed by atoms with E-state index in [1.165, 1.54) is 12.0 Å². The Bertz CT molecular complexity index is 879. The van der Waals surface area contributed by atoms with E-state index in [0.717, 1.165) is 28.8 Å². The molecular weight excluding hydrogens is 394 g/mol. The second-order valence-corrected chi connectivity index (χ2v) is 7.34. The zero-order valence-electron chi connectivity index (χ0n) is 14.6.